The van der Waals surface area contributed by atoms with Crippen LogP contribution in [0.5, 0.6) is 0 Å². The Morgan fingerprint density at radius 2 is 2.15 bits per heavy atom. The van der Waals surface area contributed by atoms with Gasteiger partial charge in [-0.3, -0.25) is 14.5 Å². The van der Waals surface area contributed by atoms with Gasteiger partial charge in [0.05, 0.1) is 10.6 Å². The summed E-state index contributed by atoms with van der Waals surface area (Å²) in [5, 5.41) is 0.184. The average Bonchev–Trinajstić information content (AvgIpc) is 2.85. The van der Waals surface area contributed by atoms with Crippen LogP contribution in [0.3, 0.4) is 0 Å². The molecule has 0 N–H and O–H groups in total. The molecule has 0 radical (unpaired) electrons. The number of amides is 2. The van der Waals surface area contributed by atoms with E-state index in [1.54, 1.807) is 0 Å². The van der Waals surface area contributed by atoms with Crippen LogP contribution < -0.4 is 0 Å². The van der Waals surface area contributed by atoms with Crippen molar-refractivity contribution in [3.63, 3.8) is 0 Å². The van der Waals surface area contributed by atoms with Gasteiger partial charge in [0.25, 0.3) is 5.91 Å². The Bertz CT molecular complexity index is 577. The van der Waals surface area contributed by atoms with E-state index in [2.05, 4.69) is 4.98 Å². The summed E-state index contributed by atoms with van der Waals surface area (Å²) in [4.78, 5) is 39.5. The number of halogens is 2. The molecule has 6 nitrogen and oxygen atoms in total. The lowest BCUT2D eigenvalue weighted by Gasteiger charge is -2.13. The van der Waals surface area contributed by atoms with Gasteiger partial charge in [0.2, 0.25) is 5.91 Å². The number of pyridine rings is 1. The monoisotopic (exact) mass is 316 g/mol. The van der Waals surface area contributed by atoms with Crippen molar-refractivity contribution in [3.8, 4) is 0 Å². The first-order valence-electron chi connectivity index (χ1n) is 5.80. The summed E-state index contributed by atoms with van der Waals surface area (Å²) in [5.74, 6) is -1.54. The zero-order valence-electron chi connectivity index (χ0n) is 10.3. The summed E-state index contributed by atoms with van der Waals surface area (Å²) >= 11 is 11.3. The third-order valence-electron chi connectivity index (χ3n) is 2.73. The lowest BCUT2D eigenvalue weighted by molar-refractivity contribution is -0.143. The van der Waals surface area contributed by atoms with Crippen LogP contribution in [0.25, 0.3) is 0 Å². The van der Waals surface area contributed by atoms with Gasteiger partial charge in [-0.2, -0.15) is 0 Å². The topological polar surface area (TPSA) is 76.6 Å². The van der Waals surface area contributed by atoms with Gasteiger partial charge in [-0.15, -0.1) is 0 Å². The highest BCUT2D eigenvalue weighted by atomic mass is 35.5. The van der Waals surface area contributed by atoms with E-state index in [9.17, 15) is 14.4 Å². The smallest absolute Gasteiger partial charge is 0.340 e. The van der Waals surface area contributed by atoms with Crippen LogP contribution >= 0.6 is 23.2 Å². The number of carbonyl (C=O) groups is 3. The molecule has 0 atom stereocenters. The Morgan fingerprint density at radius 1 is 1.40 bits per heavy atom. The lowest BCUT2D eigenvalue weighted by Crippen LogP contribution is -2.35. The molecule has 2 amide bonds. The van der Waals surface area contributed by atoms with Crippen LogP contribution in [0.1, 0.15) is 23.2 Å². The molecular weight excluding hydrogens is 307 g/mol. The predicted octanol–water partition coefficient (Wildman–Crippen LogP) is 1.69. The summed E-state index contributed by atoms with van der Waals surface area (Å²) in [6, 6.07) is 1.30. The number of imide groups is 1. The van der Waals surface area contributed by atoms with E-state index in [-0.39, 0.29) is 21.6 Å². The second-order valence-electron chi connectivity index (χ2n) is 4.12. The molecule has 2 heterocycles. The number of rotatable bonds is 3. The van der Waals surface area contributed by atoms with Crippen molar-refractivity contribution in [3.05, 3.63) is 28.0 Å². The van der Waals surface area contributed by atoms with Crippen LogP contribution in [0, 0.1) is 0 Å². The maximum absolute atomic E-state index is 11.7. The Morgan fingerprint density at radius 3 is 2.75 bits per heavy atom. The average molecular weight is 317 g/mol. The number of likely N-dealkylation sites (tertiary alicyclic amines) is 1. The molecule has 0 saturated carbocycles. The van der Waals surface area contributed by atoms with Gasteiger partial charge in [0.15, 0.2) is 6.61 Å². The molecule has 0 unspecified atom stereocenters. The first-order valence-corrected chi connectivity index (χ1v) is 6.56. The largest absolute Gasteiger partial charge is 0.452 e. The van der Waals surface area contributed by atoms with Gasteiger partial charge in [0.1, 0.15) is 5.15 Å². The first kappa shape index (κ1) is 14.7. The molecule has 0 bridgehead atoms. The van der Waals surface area contributed by atoms with Crippen LogP contribution in [-0.2, 0) is 14.3 Å². The second-order valence-corrected chi connectivity index (χ2v) is 4.88. The third-order valence-corrected chi connectivity index (χ3v) is 3.42. The van der Waals surface area contributed by atoms with E-state index in [4.69, 9.17) is 27.9 Å². The molecule has 2 rings (SSSR count). The number of carbonyl (C=O) groups excluding carboxylic acids is 3. The quantitative estimate of drug-likeness (QED) is 0.626. The fourth-order valence-electron chi connectivity index (χ4n) is 1.73. The van der Waals surface area contributed by atoms with Gasteiger partial charge in [-0.1, -0.05) is 23.2 Å². The lowest BCUT2D eigenvalue weighted by atomic mass is 10.3. The number of ether oxygens (including phenoxy) is 1. The van der Waals surface area contributed by atoms with Gasteiger partial charge >= 0.3 is 5.97 Å². The minimum absolute atomic E-state index is 0.0713. The van der Waals surface area contributed by atoms with E-state index in [1.165, 1.54) is 12.3 Å². The van der Waals surface area contributed by atoms with Crippen molar-refractivity contribution in [2.45, 2.75) is 12.8 Å². The van der Waals surface area contributed by atoms with Crippen LogP contribution in [0.2, 0.25) is 10.2 Å². The fraction of sp³-hybridized carbons (Fsp3) is 0.333. The van der Waals surface area contributed by atoms with Crippen molar-refractivity contribution >= 4 is 41.0 Å². The molecule has 1 aromatic rings. The van der Waals surface area contributed by atoms with Crippen molar-refractivity contribution in [1.29, 1.82) is 0 Å². The van der Waals surface area contributed by atoms with Gasteiger partial charge in [0, 0.05) is 19.2 Å². The summed E-state index contributed by atoms with van der Waals surface area (Å²) in [7, 11) is 0. The number of nitrogens with zero attached hydrogens (tertiary/aromatic N) is 2. The molecule has 0 aliphatic carbocycles. The van der Waals surface area contributed by atoms with E-state index >= 15 is 0 Å². The van der Waals surface area contributed by atoms with Gasteiger partial charge in [-0.25, -0.2) is 9.78 Å². The van der Waals surface area contributed by atoms with Crippen LogP contribution in [0.4, 0.5) is 0 Å². The molecule has 1 aliphatic rings. The molecule has 8 heteroatoms. The normalized spacial score (nSPS) is 14.5. The van der Waals surface area contributed by atoms with Gasteiger partial charge in [-0.05, 0) is 12.5 Å². The molecular formula is C12H10Cl2N2O4. The summed E-state index contributed by atoms with van der Waals surface area (Å²) in [5.41, 5.74) is 0.0833. The van der Waals surface area contributed by atoms with Crippen molar-refractivity contribution in [2.24, 2.45) is 0 Å². The van der Waals surface area contributed by atoms with E-state index in [1.807, 2.05) is 0 Å². The zero-order valence-corrected chi connectivity index (χ0v) is 11.8. The molecule has 1 aliphatic heterocycles. The Labute approximate surface area is 124 Å². The summed E-state index contributed by atoms with van der Waals surface area (Å²) in [6.07, 6.45) is 2.17. The number of hydrogen-bond donors (Lipinski definition) is 0. The first-order chi connectivity index (χ1) is 9.49. The molecule has 0 aromatic carbocycles. The Kier molecular flexibility index (Phi) is 4.57. The molecule has 106 valence electrons. The van der Waals surface area contributed by atoms with Gasteiger partial charge < -0.3 is 4.74 Å². The Hall–Kier alpha value is -1.66. The SMILES string of the molecule is O=C(OCC(=O)N1CCCC1=O)c1cnc(Cl)c(Cl)c1. The van der Waals surface area contributed by atoms with Crippen molar-refractivity contribution < 1.29 is 19.1 Å². The van der Waals surface area contributed by atoms with Crippen molar-refractivity contribution in [1.82, 2.24) is 9.88 Å². The number of esters is 1. The van der Waals surface area contributed by atoms with E-state index in [0.717, 1.165) is 4.90 Å². The van der Waals surface area contributed by atoms with Crippen LogP contribution in [0.15, 0.2) is 12.3 Å². The standard InChI is InChI=1S/C12H10Cl2N2O4/c13-8-4-7(5-15-11(8)14)12(19)20-6-10(18)16-3-1-2-9(16)17/h4-5H,1-3,6H2. The minimum Gasteiger partial charge on any atom is -0.452 e. The zero-order chi connectivity index (χ0) is 14.7. The minimum atomic E-state index is -0.754. The van der Waals surface area contributed by atoms with E-state index in [0.29, 0.717) is 19.4 Å². The van der Waals surface area contributed by atoms with Crippen LogP contribution in [-0.4, -0.2) is 40.8 Å². The molecule has 20 heavy (non-hydrogen) atoms. The molecule has 1 aromatic heterocycles. The fourth-order valence-corrected chi connectivity index (χ4v) is 2.00. The number of hydrogen-bond acceptors (Lipinski definition) is 5. The summed E-state index contributed by atoms with van der Waals surface area (Å²) in [6.45, 7) is -0.131. The molecule has 1 fully saturated rings. The highest BCUT2D eigenvalue weighted by molar-refractivity contribution is 6.41. The number of aromatic nitrogens is 1. The highest BCUT2D eigenvalue weighted by Gasteiger charge is 2.27. The maximum Gasteiger partial charge on any atom is 0.340 e. The predicted molar refractivity (Wildman–Crippen MR) is 70.5 cm³/mol. The van der Waals surface area contributed by atoms with E-state index < -0.39 is 18.5 Å². The molecule has 0 spiro atoms. The Balaban J connectivity index is 1.93. The molecule has 1 saturated heterocycles. The van der Waals surface area contributed by atoms with Crippen molar-refractivity contribution in [2.75, 3.05) is 13.2 Å². The maximum atomic E-state index is 11.7. The summed E-state index contributed by atoms with van der Waals surface area (Å²) < 4.78 is 4.82. The second kappa shape index (κ2) is 6.19. The highest BCUT2D eigenvalue weighted by Crippen LogP contribution is 2.20. The third kappa shape index (κ3) is 3.26.